The first-order chi connectivity index (χ1) is 29.1. The van der Waals surface area contributed by atoms with Crippen molar-refractivity contribution < 1.29 is 38.2 Å². The number of hydrogen-bond donors (Lipinski definition) is 0. The van der Waals surface area contributed by atoms with Gasteiger partial charge in [-0.25, -0.2) is 0 Å². The van der Waals surface area contributed by atoms with Crippen molar-refractivity contribution in [3.63, 3.8) is 0 Å². The van der Waals surface area contributed by atoms with Crippen molar-refractivity contribution in [2.75, 3.05) is 41.0 Å². The number of likely N-dealkylation sites (N-methyl/N-ethyl adjacent to an activating group) is 1. The minimum Gasteiger partial charge on any atom is -0.544 e. The fourth-order valence-electron chi connectivity index (χ4n) is 7.18. The van der Waals surface area contributed by atoms with E-state index in [4.69, 9.17) is 14.2 Å². The van der Waals surface area contributed by atoms with E-state index < -0.39 is 18.1 Å². The Morgan fingerprint density at radius 3 is 1.38 bits per heavy atom. The van der Waals surface area contributed by atoms with Gasteiger partial charge in [0.1, 0.15) is 12.6 Å². The Kier molecular flexibility index (Phi) is 41.0. The van der Waals surface area contributed by atoms with Crippen molar-refractivity contribution in [1.82, 2.24) is 0 Å². The zero-order chi connectivity index (χ0) is 44.2. The molecule has 0 fully saturated rings. The van der Waals surface area contributed by atoms with Gasteiger partial charge in [-0.2, -0.15) is 0 Å². The second kappa shape index (κ2) is 43.0. The molecule has 0 aromatic carbocycles. The average molecular weight is 844 g/mol. The van der Waals surface area contributed by atoms with Gasteiger partial charge >= 0.3 is 11.9 Å². The predicted octanol–water partition coefficient (Wildman–Crippen LogP) is 12.6. The number of nitrogens with zero attached hydrogens (tertiary/aromatic N) is 1. The van der Waals surface area contributed by atoms with Crippen LogP contribution in [-0.2, 0) is 28.6 Å². The molecule has 0 N–H and O–H groups in total. The minimum atomic E-state index is -1.13. The number of hydrogen-bond acceptors (Lipinski definition) is 7. The average Bonchev–Trinajstić information content (AvgIpc) is 3.21. The van der Waals surface area contributed by atoms with Crippen molar-refractivity contribution in [2.45, 2.75) is 225 Å². The molecule has 2 unspecified atom stereocenters. The number of rotatable bonds is 44. The number of carbonyl (C=O) groups is 3. The summed E-state index contributed by atoms with van der Waals surface area (Å²) in [4.78, 5) is 37.0. The van der Waals surface area contributed by atoms with Crippen LogP contribution < -0.4 is 5.11 Å². The summed E-state index contributed by atoms with van der Waals surface area (Å²) in [7, 11) is 5.40. The molecular formula is C52H93NO7. The monoisotopic (exact) mass is 844 g/mol. The van der Waals surface area contributed by atoms with Gasteiger partial charge in [0.05, 0.1) is 40.3 Å². The van der Waals surface area contributed by atoms with Crippen LogP contribution in [0.5, 0.6) is 0 Å². The predicted molar refractivity (Wildman–Crippen MR) is 250 cm³/mol. The van der Waals surface area contributed by atoms with Gasteiger partial charge in [-0.1, -0.05) is 191 Å². The molecule has 0 aliphatic rings. The molecule has 0 bridgehead atoms. The highest BCUT2D eigenvalue weighted by Gasteiger charge is 2.25. The summed E-state index contributed by atoms with van der Waals surface area (Å²) in [5.74, 6) is -1.77. The first-order valence-corrected chi connectivity index (χ1v) is 24.7. The van der Waals surface area contributed by atoms with Gasteiger partial charge in [-0.05, 0) is 51.4 Å². The van der Waals surface area contributed by atoms with E-state index in [0.717, 1.165) is 70.6 Å². The van der Waals surface area contributed by atoms with Crippen LogP contribution >= 0.6 is 0 Å². The summed E-state index contributed by atoms with van der Waals surface area (Å²) in [6.45, 7) is 4.54. The molecular weight excluding hydrogens is 751 g/mol. The fraction of sp³-hybridized carbons (Fsp3) is 0.788. The Morgan fingerprint density at radius 1 is 0.517 bits per heavy atom. The second-order valence-corrected chi connectivity index (χ2v) is 17.7. The van der Waals surface area contributed by atoms with E-state index in [-0.39, 0.29) is 49.1 Å². The molecule has 0 spiro atoms. The highest BCUT2D eigenvalue weighted by molar-refractivity contribution is 5.70. The molecule has 0 saturated carbocycles. The third-order valence-corrected chi connectivity index (χ3v) is 11.0. The van der Waals surface area contributed by atoms with E-state index in [1.54, 1.807) is 21.1 Å². The number of aliphatic carboxylic acids is 1. The topological polar surface area (TPSA) is 102 Å². The molecule has 8 nitrogen and oxygen atoms in total. The zero-order valence-electron chi connectivity index (χ0n) is 39.6. The van der Waals surface area contributed by atoms with Crippen molar-refractivity contribution in [3.8, 4) is 0 Å². The number of quaternary nitrogens is 1. The van der Waals surface area contributed by atoms with Crippen molar-refractivity contribution in [1.29, 1.82) is 0 Å². The van der Waals surface area contributed by atoms with E-state index in [9.17, 15) is 19.5 Å². The lowest BCUT2D eigenvalue weighted by Crippen LogP contribution is -2.55. The van der Waals surface area contributed by atoms with Crippen LogP contribution in [0, 0.1) is 0 Å². The van der Waals surface area contributed by atoms with Crippen LogP contribution in [0.3, 0.4) is 0 Å². The van der Waals surface area contributed by atoms with Crippen LogP contribution in [0.1, 0.15) is 213 Å². The molecule has 8 heteroatoms. The van der Waals surface area contributed by atoms with Gasteiger partial charge in [0.15, 0.2) is 6.10 Å². The first kappa shape index (κ1) is 57.3. The molecule has 0 rings (SSSR count). The van der Waals surface area contributed by atoms with E-state index in [1.807, 2.05) is 0 Å². The van der Waals surface area contributed by atoms with E-state index >= 15 is 0 Å². The molecule has 60 heavy (non-hydrogen) atoms. The third kappa shape index (κ3) is 40.7. The quantitative estimate of drug-likeness (QED) is 0.0260. The Morgan fingerprint density at radius 2 is 0.933 bits per heavy atom. The molecule has 0 saturated heterocycles. The highest BCUT2D eigenvalue weighted by Crippen LogP contribution is 2.16. The normalized spacial score (nSPS) is 13.3. The van der Waals surface area contributed by atoms with Crippen LogP contribution in [0.2, 0.25) is 0 Å². The molecule has 0 heterocycles. The van der Waals surface area contributed by atoms with Crippen molar-refractivity contribution >= 4 is 17.9 Å². The molecule has 348 valence electrons. The maximum absolute atomic E-state index is 12.7. The zero-order valence-corrected chi connectivity index (χ0v) is 39.6. The Labute approximate surface area is 369 Å². The minimum absolute atomic E-state index is 0.0288. The number of unbranched alkanes of at least 4 members (excludes halogenated alkanes) is 22. The van der Waals surface area contributed by atoms with Gasteiger partial charge in [-0.3, -0.25) is 9.59 Å². The number of esters is 2. The summed E-state index contributed by atoms with van der Waals surface area (Å²) in [6.07, 6.45) is 51.4. The third-order valence-electron chi connectivity index (χ3n) is 11.0. The maximum atomic E-state index is 12.7. The molecule has 0 amide bonds. The second-order valence-electron chi connectivity index (χ2n) is 17.7. The molecule has 2 atom stereocenters. The van der Waals surface area contributed by atoms with E-state index in [2.05, 4.69) is 62.5 Å². The van der Waals surface area contributed by atoms with Crippen LogP contribution in [0.4, 0.5) is 0 Å². The van der Waals surface area contributed by atoms with Gasteiger partial charge in [0, 0.05) is 19.3 Å². The fourth-order valence-corrected chi connectivity index (χ4v) is 7.18. The standard InChI is InChI=1S/C52H93NO7/c1-6-8-10-12-14-16-18-20-22-24-25-26-27-29-30-32-34-36-38-40-42-50(54)59-47-48(46-58-45-44-49(52(56)57)53(3,4)5)60-51(55)43-41-39-37-35-33-31-28-23-21-19-17-15-13-11-9-7-2/h9,11,15,17,21,23,31,33,48-49H,6-8,10,12-14,16,18-20,22,24-30,32,34-47H2,1-5H3/b11-9+,17-15+,23-21+,33-31+. The molecule has 0 aromatic rings. The first-order valence-electron chi connectivity index (χ1n) is 24.7. The summed E-state index contributed by atoms with van der Waals surface area (Å²) < 4.78 is 17.2. The SMILES string of the molecule is CC/C=C/C/C=C/C/C=C/C/C=C/CCCCCC(=O)OC(COCCC(C(=O)[O-])[N+](C)(C)C)COC(=O)CCCCCCCCCCCCCCCCCCCCCC. The van der Waals surface area contributed by atoms with Crippen molar-refractivity contribution in [3.05, 3.63) is 48.6 Å². The summed E-state index contributed by atoms with van der Waals surface area (Å²) in [5, 5.41) is 11.6. The smallest absolute Gasteiger partial charge is 0.306 e. The van der Waals surface area contributed by atoms with Crippen molar-refractivity contribution in [2.24, 2.45) is 0 Å². The highest BCUT2D eigenvalue weighted by atomic mass is 16.6. The van der Waals surface area contributed by atoms with Crippen LogP contribution in [0.25, 0.3) is 0 Å². The molecule has 0 aliphatic carbocycles. The lowest BCUT2D eigenvalue weighted by molar-refractivity contribution is -0.889. The lowest BCUT2D eigenvalue weighted by atomic mass is 10.0. The summed E-state index contributed by atoms with van der Waals surface area (Å²) >= 11 is 0. The number of carboxylic acid groups (broad SMARTS) is 1. The van der Waals surface area contributed by atoms with E-state index in [1.165, 1.54) is 109 Å². The molecule has 0 radical (unpaired) electrons. The lowest BCUT2D eigenvalue weighted by Gasteiger charge is -2.34. The molecule has 0 aliphatic heterocycles. The molecule has 0 aromatic heterocycles. The number of carbonyl (C=O) groups excluding carboxylic acids is 3. The Bertz CT molecular complexity index is 1120. The summed E-state index contributed by atoms with van der Waals surface area (Å²) in [6, 6.07) is -0.732. The van der Waals surface area contributed by atoms with Gasteiger partial charge in [-0.15, -0.1) is 0 Å². The van der Waals surface area contributed by atoms with Crippen LogP contribution in [0.15, 0.2) is 48.6 Å². The van der Waals surface area contributed by atoms with Gasteiger partial charge in [0.25, 0.3) is 0 Å². The Balaban J connectivity index is 4.28. The maximum Gasteiger partial charge on any atom is 0.306 e. The van der Waals surface area contributed by atoms with Gasteiger partial charge < -0.3 is 28.6 Å². The Hall–Kier alpha value is -2.71. The van der Waals surface area contributed by atoms with Gasteiger partial charge in [0.2, 0.25) is 0 Å². The van der Waals surface area contributed by atoms with Crippen LogP contribution in [-0.4, -0.2) is 75.5 Å². The number of allylic oxidation sites excluding steroid dienone is 8. The largest absolute Gasteiger partial charge is 0.544 e. The van der Waals surface area contributed by atoms with E-state index in [0.29, 0.717) is 6.42 Å². The number of carboxylic acids is 1. The number of ether oxygens (including phenoxy) is 3. The summed E-state index contributed by atoms with van der Waals surface area (Å²) in [5.41, 5.74) is 0.